The van der Waals surface area contributed by atoms with Crippen LogP contribution in [-0.4, -0.2) is 82.2 Å². The van der Waals surface area contributed by atoms with E-state index in [0.717, 1.165) is 25.7 Å². The minimum Gasteiger partial charge on any atom is -0.478 e. The number of carboxylic acid groups (broad SMARTS) is 2. The van der Waals surface area contributed by atoms with E-state index in [1.807, 2.05) is 0 Å². The van der Waals surface area contributed by atoms with Crippen molar-refractivity contribution in [3.8, 4) is 0 Å². The molecule has 0 atom stereocenters. The molecule has 12 heteroatoms. The Labute approximate surface area is 169 Å². The lowest BCUT2D eigenvalue weighted by Gasteiger charge is -1.96. The SMILES string of the molecule is CC=C(C)C(=O)O.NC(=O)O.O=C=NCCCCCCN=C=O.OCC(O)CO. The van der Waals surface area contributed by atoms with Crippen LogP contribution >= 0.6 is 0 Å². The van der Waals surface area contributed by atoms with Gasteiger partial charge in [-0.1, -0.05) is 18.9 Å². The molecule has 7 N–H and O–H groups in total. The lowest BCUT2D eigenvalue weighted by molar-refractivity contribution is -0.132. The zero-order chi connectivity index (χ0) is 23.5. The van der Waals surface area contributed by atoms with Crippen molar-refractivity contribution in [3.63, 3.8) is 0 Å². The van der Waals surface area contributed by atoms with E-state index in [9.17, 15) is 14.4 Å². The predicted octanol–water partition coefficient (Wildman–Crippen LogP) is 0.211. The van der Waals surface area contributed by atoms with Gasteiger partial charge in [-0.2, -0.15) is 0 Å². The number of carbonyl (C=O) groups excluding carboxylic acids is 2. The smallest absolute Gasteiger partial charge is 0.402 e. The summed E-state index contributed by atoms with van der Waals surface area (Å²) in [7, 11) is 0. The molecular formula is C17H31N3O9. The molecule has 12 nitrogen and oxygen atoms in total. The average molecular weight is 421 g/mol. The highest BCUT2D eigenvalue weighted by molar-refractivity contribution is 5.85. The van der Waals surface area contributed by atoms with Crippen molar-refractivity contribution in [1.82, 2.24) is 0 Å². The number of carbonyl (C=O) groups is 2. The quantitative estimate of drug-likeness (QED) is 0.123. The van der Waals surface area contributed by atoms with Gasteiger partial charge in [0.05, 0.1) is 26.3 Å². The minimum absolute atomic E-state index is 0.365. The van der Waals surface area contributed by atoms with Crippen molar-refractivity contribution in [1.29, 1.82) is 0 Å². The Balaban J connectivity index is -0.000000157. The van der Waals surface area contributed by atoms with Gasteiger partial charge in [0.15, 0.2) is 0 Å². The number of unbranched alkanes of at least 4 members (excludes halogenated alkanes) is 3. The fourth-order valence-electron chi connectivity index (χ4n) is 1.01. The van der Waals surface area contributed by atoms with E-state index in [2.05, 4.69) is 15.7 Å². The van der Waals surface area contributed by atoms with Gasteiger partial charge >= 0.3 is 12.1 Å². The van der Waals surface area contributed by atoms with Gasteiger partial charge in [0, 0.05) is 5.57 Å². The Morgan fingerprint density at radius 3 is 1.45 bits per heavy atom. The Kier molecular flexibility index (Phi) is 34.7. The number of aliphatic hydroxyl groups is 3. The summed E-state index contributed by atoms with van der Waals surface area (Å²) in [6.07, 6.45) is 6.07. The average Bonchev–Trinajstić information content (AvgIpc) is 2.69. The summed E-state index contributed by atoms with van der Waals surface area (Å²) < 4.78 is 0. The third kappa shape index (κ3) is 51.7. The van der Waals surface area contributed by atoms with Crippen LogP contribution in [0, 0.1) is 0 Å². The standard InChI is InChI=1S/C8H12N2O2.C5H8O2.C3H8O3.CH3NO2/c11-7-9-5-3-1-2-4-6-10-8-12;1-3-4(2)5(6)7;4-1-3(6)2-5;2-1(3)4/h1-6H2;3H,1-2H3,(H,6,7);3-6H,1-2H2;2H2,(H,3,4). The molecule has 1 amide bonds. The summed E-state index contributed by atoms with van der Waals surface area (Å²) in [6, 6.07) is 0. The molecule has 0 heterocycles. The summed E-state index contributed by atoms with van der Waals surface area (Å²) in [6.45, 7) is 3.64. The molecule has 0 saturated heterocycles. The van der Waals surface area contributed by atoms with E-state index in [1.54, 1.807) is 19.9 Å². The van der Waals surface area contributed by atoms with Crippen LogP contribution in [0.4, 0.5) is 4.79 Å². The van der Waals surface area contributed by atoms with Gasteiger partial charge in [-0.3, -0.25) is 0 Å². The van der Waals surface area contributed by atoms with Gasteiger partial charge in [0.25, 0.3) is 0 Å². The van der Waals surface area contributed by atoms with Crippen molar-refractivity contribution in [2.75, 3.05) is 26.3 Å². The number of primary amides is 1. The first kappa shape index (κ1) is 33.7. The molecule has 0 rings (SSSR count). The van der Waals surface area contributed by atoms with E-state index in [-0.39, 0.29) is 13.2 Å². The van der Waals surface area contributed by atoms with Crippen LogP contribution in [0.2, 0.25) is 0 Å². The van der Waals surface area contributed by atoms with Crippen molar-refractivity contribution in [2.45, 2.75) is 45.6 Å². The highest BCUT2D eigenvalue weighted by atomic mass is 16.4. The van der Waals surface area contributed by atoms with Crippen LogP contribution in [-0.2, 0) is 14.4 Å². The Hall–Kier alpha value is -2.88. The van der Waals surface area contributed by atoms with Crippen molar-refractivity contribution in [2.24, 2.45) is 15.7 Å². The molecule has 0 unspecified atom stereocenters. The van der Waals surface area contributed by atoms with Gasteiger partial charge in [0.1, 0.15) is 6.10 Å². The Bertz CT molecular complexity index is 496. The number of hydrogen-bond donors (Lipinski definition) is 6. The first-order valence-corrected chi connectivity index (χ1v) is 8.46. The van der Waals surface area contributed by atoms with Gasteiger partial charge < -0.3 is 31.3 Å². The number of nitrogens with two attached hydrogens (primary N) is 1. The summed E-state index contributed by atoms with van der Waals surface area (Å²) >= 11 is 0. The third-order valence-corrected chi connectivity index (χ3v) is 2.61. The number of allylic oxidation sites excluding steroid dienone is 1. The second-order valence-electron chi connectivity index (χ2n) is 4.99. The van der Waals surface area contributed by atoms with E-state index in [4.69, 9.17) is 30.3 Å². The Morgan fingerprint density at radius 2 is 1.31 bits per heavy atom. The molecule has 168 valence electrons. The van der Waals surface area contributed by atoms with Gasteiger partial charge in [-0.05, 0) is 26.7 Å². The zero-order valence-electron chi connectivity index (χ0n) is 16.7. The number of amides is 1. The fourth-order valence-corrected chi connectivity index (χ4v) is 1.01. The molecular weight excluding hydrogens is 390 g/mol. The first-order valence-electron chi connectivity index (χ1n) is 8.46. The van der Waals surface area contributed by atoms with Gasteiger partial charge in [0.2, 0.25) is 12.2 Å². The lowest BCUT2D eigenvalue weighted by atomic mass is 10.2. The van der Waals surface area contributed by atoms with Crippen LogP contribution in [0.3, 0.4) is 0 Å². The molecule has 0 saturated carbocycles. The normalized spacial score (nSPS) is 9.10. The van der Waals surface area contributed by atoms with Gasteiger partial charge in [-0.15, -0.1) is 0 Å². The molecule has 0 aliphatic heterocycles. The maximum atomic E-state index is 9.86. The van der Waals surface area contributed by atoms with Crippen molar-refractivity contribution < 1.29 is 44.7 Å². The monoisotopic (exact) mass is 421 g/mol. The lowest BCUT2D eigenvalue weighted by Crippen LogP contribution is -2.15. The number of nitrogens with zero attached hydrogens (tertiary/aromatic N) is 2. The summed E-state index contributed by atoms with van der Waals surface area (Å²) in [5, 5.41) is 39.3. The van der Waals surface area contributed by atoms with E-state index >= 15 is 0 Å². The number of aliphatic imine (C=N–C) groups is 2. The van der Waals surface area contributed by atoms with Crippen LogP contribution < -0.4 is 5.73 Å². The number of carboxylic acids is 1. The fraction of sp³-hybridized carbons (Fsp3) is 0.647. The van der Waals surface area contributed by atoms with Crippen LogP contribution in [0.15, 0.2) is 21.6 Å². The minimum atomic E-state index is -1.33. The predicted molar refractivity (Wildman–Crippen MR) is 104 cm³/mol. The molecule has 0 aliphatic carbocycles. The number of aliphatic carboxylic acids is 1. The number of isocyanates is 2. The largest absolute Gasteiger partial charge is 0.478 e. The summed E-state index contributed by atoms with van der Waals surface area (Å²) in [5.41, 5.74) is 4.42. The molecule has 0 fully saturated rings. The highest BCUT2D eigenvalue weighted by Crippen LogP contribution is 1.99. The van der Waals surface area contributed by atoms with E-state index in [1.165, 1.54) is 12.2 Å². The first-order chi connectivity index (χ1) is 13.6. The van der Waals surface area contributed by atoms with E-state index < -0.39 is 18.2 Å². The molecule has 0 aromatic rings. The van der Waals surface area contributed by atoms with Crippen molar-refractivity contribution >= 4 is 24.2 Å². The molecule has 0 radical (unpaired) electrons. The second-order valence-corrected chi connectivity index (χ2v) is 4.99. The van der Waals surface area contributed by atoms with Crippen LogP contribution in [0.5, 0.6) is 0 Å². The molecule has 0 aromatic heterocycles. The van der Waals surface area contributed by atoms with Crippen LogP contribution in [0.25, 0.3) is 0 Å². The Morgan fingerprint density at radius 1 is 0.966 bits per heavy atom. The topological polar surface area (TPSA) is 220 Å². The highest BCUT2D eigenvalue weighted by Gasteiger charge is 1.94. The van der Waals surface area contributed by atoms with Crippen LogP contribution in [0.1, 0.15) is 39.5 Å². The number of aliphatic hydroxyl groups excluding tert-OH is 3. The molecule has 29 heavy (non-hydrogen) atoms. The molecule has 0 spiro atoms. The maximum Gasteiger partial charge on any atom is 0.402 e. The zero-order valence-corrected chi connectivity index (χ0v) is 16.7. The maximum absolute atomic E-state index is 9.86. The van der Waals surface area contributed by atoms with Gasteiger partial charge in [-0.25, -0.2) is 29.2 Å². The molecule has 0 bridgehead atoms. The summed E-state index contributed by atoms with van der Waals surface area (Å²) in [5.74, 6) is -0.845. The van der Waals surface area contributed by atoms with Crippen molar-refractivity contribution in [3.05, 3.63) is 11.6 Å². The molecule has 0 aromatic carbocycles. The number of rotatable bonds is 10. The molecule has 0 aliphatic rings. The number of hydrogen-bond acceptors (Lipinski definition) is 9. The van der Waals surface area contributed by atoms with E-state index in [0.29, 0.717) is 18.7 Å². The third-order valence-electron chi connectivity index (χ3n) is 2.61. The second kappa shape index (κ2) is 29.9. The summed E-state index contributed by atoms with van der Waals surface area (Å²) in [4.78, 5) is 44.7.